The van der Waals surface area contributed by atoms with Crippen molar-refractivity contribution in [2.75, 3.05) is 13.1 Å². The van der Waals surface area contributed by atoms with Crippen molar-refractivity contribution in [3.05, 3.63) is 7.05 Å². The minimum Gasteiger partial charge on any atom is -0.393 e. The Hall–Kier alpha value is -0.0800. The number of piperidine rings is 1. The fourth-order valence-electron chi connectivity index (χ4n) is 0.886. The number of nitrogens with zero attached hydrogens (tertiary/aromatic N) is 1. The molecule has 0 aromatic carbocycles. The first-order valence-corrected chi connectivity index (χ1v) is 2.97. The molecule has 0 aromatic rings. The molecule has 1 saturated heterocycles. The third-order valence-corrected chi connectivity index (χ3v) is 1.50. The minimum absolute atomic E-state index is 0.102. The zero-order chi connectivity index (χ0) is 5.98. The summed E-state index contributed by atoms with van der Waals surface area (Å²) in [5, 5.41) is 8.94. The third-order valence-electron chi connectivity index (χ3n) is 1.50. The third kappa shape index (κ3) is 1.46. The van der Waals surface area contributed by atoms with Gasteiger partial charge < -0.3 is 5.11 Å². The maximum Gasteiger partial charge on any atom is 0.0564 e. The van der Waals surface area contributed by atoms with Crippen LogP contribution < -0.4 is 0 Å². The summed E-state index contributed by atoms with van der Waals surface area (Å²) < 4.78 is 0. The van der Waals surface area contributed by atoms with Gasteiger partial charge in [-0.25, -0.2) is 0 Å². The van der Waals surface area contributed by atoms with Gasteiger partial charge >= 0.3 is 0 Å². The van der Waals surface area contributed by atoms with Gasteiger partial charge in [0.2, 0.25) is 0 Å². The molecule has 2 heteroatoms. The average molecular weight is 113 g/mol. The molecule has 0 aliphatic carbocycles. The molecule has 0 saturated carbocycles. The maximum atomic E-state index is 8.94. The monoisotopic (exact) mass is 113 g/mol. The molecule has 1 heterocycles. The summed E-state index contributed by atoms with van der Waals surface area (Å²) in [6.45, 7) is 1.67. The van der Waals surface area contributed by atoms with E-state index < -0.39 is 0 Å². The van der Waals surface area contributed by atoms with Crippen molar-refractivity contribution in [3.63, 3.8) is 0 Å². The lowest BCUT2D eigenvalue weighted by Gasteiger charge is -2.24. The second-order valence-corrected chi connectivity index (χ2v) is 2.27. The molecule has 8 heavy (non-hydrogen) atoms. The Balaban J connectivity index is 2.19. The highest BCUT2D eigenvalue weighted by atomic mass is 16.3. The molecular weight excluding hydrogens is 102 g/mol. The molecule has 0 bridgehead atoms. The molecule has 1 rings (SSSR count). The molecule has 0 amide bonds. The molecule has 1 aliphatic rings. The van der Waals surface area contributed by atoms with E-state index in [1.165, 1.54) is 0 Å². The summed E-state index contributed by atoms with van der Waals surface area (Å²) in [6.07, 6.45) is 1.56. The van der Waals surface area contributed by atoms with Gasteiger partial charge in [-0.2, -0.15) is 0 Å². The summed E-state index contributed by atoms with van der Waals surface area (Å²) in [7, 11) is 5.42. The van der Waals surface area contributed by atoms with Crippen molar-refractivity contribution in [2.45, 2.75) is 18.9 Å². The largest absolute Gasteiger partial charge is 0.393 e. The molecular formula is C6H11NO. The smallest absolute Gasteiger partial charge is 0.0564 e. The number of rotatable bonds is 0. The van der Waals surface area contributed by atoms with Crippen LogP contribution >= 0.6 is 0 Å². The topological polar surface area (TPSA) is 23.5 Å². The molecule has 1 fully saturated rings. The Labute approximate surface area is 50.1 Å². The van der Waals surface area contributed by atoms with Gasteiger partial charge in [0.25, 0.3) is 0 Å². The highest BCUT2D eigenvalue weighted by molar-refractivity contribution is 4.69. The van der Waals surface area contributed by atoms with Crippen molar-refractivity contribution >= 4 is 0 Å². The van der Waals surface area contributed by atoms with Gasteiger partial charge in [-0.15, -0.1) is 0 Å². The Bertz CT molecular complexity index is 56.9. The molecule has 2 radical (unpaired) electrons. The number of hydrogen-bond acceptors (Lipinski definition) is 2. The SMILES string of the molecule is [CH]N1CCC(O)CC1. The van der Waals surface area contributed by atoms with Crippen LogP contribution in [0, 0.1) is 7.05 Å². The van der Waals surface area contributed by atoms with Gasteiger partial charge in [0.05, 0.1) is 6.10 Å². The average Bonchev–Trinajstić information content (AvgIpc) is 1.77. The molecule has 0 spiro atoms. The van der Waals surface area contributed by atoms with Crippen LogP contribution in [0.3, 0.4) is 0 Å². The standard InChI is InChI=1S/C6H11NO/c1-7-4-2-6(8)3-5-7/h1,6,8H,2-5H2. The van der Waals surface area contributed by atoms with Crippen molar-refractivity contribution in [1.29, 1.82) is 0 Å². The summed E-state index contributed by atoms with van der Waals surface area (Å²) in [5.41, 5.74) is 0. The van der Waals surface area contributed by atoms with Crippen LogP contribution in [0.5, 0.6) is 0 Å². The first kappa shape index (κ1) is 6.05. The van der Waals surface area contributed by atoms with Crippen molar-refractivity contribution in [2.24, 2.45) is 0 Å². The van der Waals surface area contributed by atoms with Crippen LogP contribution in [-0.2, 0) is 0 Å². The van der Waals surface area contributed by atoms with Gasteiger partial charge in [0.15, 0.2) is 0 Å². The summed E-state index contributed by atoms with van der Waals surface area (Å²) >= 11 is 0. The van der Waals surface area contributed by atoms with Gasteiger partial charge in [-0.3, -0.25) is 4.90 Å². The van der Waals surface area contributed by atoms with E-state index in [4.69, 9.17) is 12.2 Å². The van der Waals surface area contributed by atoms with E-state index in [2.05, 4.69) is 0 Å². The summed E-state index contributed by atoms with van der Waals surface area (Å²) in [5.74, 6) is 0. The molecule has 1 N–H and O–H groups in total. The first-order valence-electron chi connectivity index (χ1n) is 2.97. The van der Waals surface area contributed by atoms with Crippen molar-refractivity contribution in [1.82, 2.24) is 4.90 Å². The van der Waals surface area contributed by atoms with Gasteiger partial charge in [-0.05, 0) is 12.8 Å². The maximum absolute atomic E-state index is 8.94. The second-order valence-electron chi connectivity index (χ2n) is 2.27. The molecule has 0 atom stereocenters. The van der Waals surface area contributed by atoms with E-state index in [-0.39, 0.29) is 6.10 Å². The normalized spacial score (nSPS) is 26.2. The van der Waals surface area contributed by atoms with E-state index in [9.17, 15) is 0 Å². The predicted octanol–water partition coefficient (Wildman–Crippen LogP) is 0.112. The molecule has 2 nitrogen and oxygen atoms in total. The van der Waals surface area contributed by atoms with E-state index in [0.717, 1.165) is 25.9 Å². The van der Waals surface area contributed by atoms with Gasteiger partial charge in [0, 0.05) is 20.1 Å². The fraction of sp³-hybridized carbons (Fsp3) is 0.833. The number of likely N-dealkylation sites (tertiary alicyclic amines) is 1. The fourth-order valence-corrected chi connectivity index (χ4v) is 0.886. The van der Waals surface area contributed by atoms with Gasteiger partial charge in [0.1, 0.15) is 0 Å². The first-order chi connectivity index (χ1) is 3.79. The van der Waals surface area contributed by atoms with E-state index in [1.54, 1.807) is 4.90 Å². The Morgan fingerprint density at radius 3 is 2.25 bits per heavy atom. The Morgan fingerprint density at radius 2 is 1.88 bits per heavy atom. The van der Waals surface area contributed by atoms with E-state index in [0.29, 0.717) is 0 Å². The predicted molar refractivity (Wildman–Crippen MR) is 31.1 cm³/mol. The lowest BCUT2D eigenvalue weighted by Crippen LogP contribution is -2.31. The zero-order valence-electron chi connectivity index (χ0n) is 4.88. The van der Waals surface area contributed by atoms with Crippen LogP contribution in [0.15, 0.2) is 0 Å². The zero-order valence-corrected chi connectivity index (χ0v) is 4.88. The summed E-state index contributed by atoms with van der Waals surface area (Å²) in [4.78, 5) is 1.74. The lowest BCUT2D eigenvalue weighted by atomic mass is 10.1. The molecule has 0 aromatic heterocycles. The van der Waals surface area contributed by atoms with Crippen LogP contribution in [0.4, 0.5) is 0 Å². The minimum atomic E-state index is -0.102. The van der Waals surface area contributed by atoms with E-state index in [1.807, 2.05) is 0 Å². The molecule has 46 valence electrons. The van der Waals surface area contributed by atoms with Crippen LogP contribution in [0.2, 0.25) is 0 Å². The molecule has 1 aliphatic heterocycles. The van der Waals surface area contributed by atoms with Crippen molar-refractivity contribution in [3.8, 4) is 0 Å². The van der Waals surface area contributed by atoms with Crippen LogP contribution in [-0.4, -0.2) is 29.2 Å². The lowest BCUT2D eigenvalue weighted by molar-refractivity contribution is 0.101. The van der Waals surface area contributed by atoms with E-state index >= 15 is 0 Å². The number of hydrogen-bond donors (Lipinski definition) is 1. The number of aliphatic hydroxyl groups excluding tert-OH is 1. The summed E-state index contributed by atoms with van der Waals surface area (Å²) in [6, 6.07) is 0. The quantitative estimate of drug-likeness (QED) is 0.482. The highest BCUT2D eigenvalue weighted by Crippen LogP contribution is 2.07. The number of aliphatic hydroxyl groups is 1. The molecule has 0 unspecified atom stereocenters. The second kappa shape index (κ2) is 2.46. The Morgan fingerprint density at radius 1 is 1.38 bits per heavy atom. The van der Waals surface area contributed by atoms with Crippen molar-refractivity contribution < 1.29 is 5.11 Å². The van der Waals surface area contributed by atoms with Crippen LogP contribution in [0.1, 0.15) is 12.8 Å². The van der Waals surface area contributed by atoms with Crippen LogP contribution in [0.25, 0.3) is 0 Å². The highest BCUT2D eigenvalue weighted by Gasteiger charge is 2.12. The Kier molecular flexibility index (Phi) is 1.86. The van der Waals surface area contributed by atoms with Gasteiger partial charge in [-0.1, -0.05) is 0 Å².